The van der Waals surface area contributed by atoms with Crippen LogP contribution in [0.25, 0.3) is 0 Å². The van der Waals surface area contributed by atoms with Gasteiger partial charge in [0.15, 0.2) is 6.61 Å². The highest BCUT2D eigenvalue weighted by atomic mass is 19.1. The maximum atomic E-state index is 13.9. The van der Waals surface area contributed by atoms with E-state index in [1.165, 1.54) is 6.07 Å². The second-order valence-electron chi connectivity index (χ2n) is 7.01. The molecular formula is C22H22FN3O3. The normalized spacial score (nSPS) is 16.6. The summed E-state index contributed by atoms with van der Waals surface area (Å²) in [7, 11) is 0. The Morgan fingerprint density at radius 1 is 1.21 bits per heavy atom. The molecule has 0 saturated carbocycles. The molecule has 1 fully saturated rings. The number of rotatable bonds is 6. The van der Waals surface area contributed by atoms with Gasteiger partial charge in [0.2, 0.25) is 5.89 Å². The smallest absolute Gasteiger partial charge is 0.261 e. The summed E-state index contributed by atoms with van der Waals surface area (Å²) in [6.07, 6.45) is 7.86. The highest BCUT2D eigenvalue weighted by Crippen LogP contribution is 2.31. The largest absolute Gasteiger partial charge is 0.482 e. The average molecular weight is 395 g/mol. The van der Waals surface area contributed by atoms with E-state index >= 15 is 0 Å². The standard InChI is InChI=1S/C22H22FN3O3/c23-19-8-2-1-6-16(19)12-18-14-25-22(29-18)20-9-3-4-11-26(20)21(27)15-28-17-7-5-10-24-13-17/h1-2,5-8,10,13-14,20H,3-4,9,11-12,15H2/t20-/m0/s1. The van der Waals surface area contributed by atoms with E-state index in [0.717, 1.165) is 19.3 Å². The van der Waals surface area contributed by atoms with E-state index in [2.05, 4.69) is 9.97 Å². The lowest BCUT2D eigenvalue weighted by atomic mass is 10.0. The number of carbonyl (C=O) groups excluding carboxylic acids is 1. The molecule has 2 aromatic heterocycles. The molecule has 0 radical (unpaired) electrons. The Morgan fingerprint density at radius 3 is 2.93 bits per heavy atom. The highest BCUT2D eigenvalue weighted by Gasteiger charge is 2.31. The van der Waals surface area contributed by atoms with Gasteiger partial charge in [-0.15, -0.1) is 0 Å². The van der Waals surface area contributed by atoms with Gasteiger partial charge < -0.3 is 14.1 Å². The fourth-order valence-electron chi connectivity index (χ4n) is 3.54. The number of hydrogen-bond acceptors (Lipinski definition) is 5. The fraction of sp³-hybridized carbons (Fsp3) is 0.318. The average Bonchev–Trinajstić information content (AvgIpc) is 3.23. The van der Waals surface area contributed by atoms with Gasteiger partial charge in [0.1, 0.15) is 23.4 Å². The van der Waals surface area contributed by atoms with Crippen molar-refractivity contribution in [3.63, 3.8) is 0 Å². The first kappa shape index (κ1) is 19.1. The van der Waals surface area contributed by atoms with Gasteiger partial charge in [-0.1, -0.05) is 18.2 Å². The topological polar surface area (TPSA) is 68.5 Å². The third-order valence-corrected chi connectivity index (χ3v) is 5.00. The molecule has 0 bridgehead atoms. The van der Waals surface area contributed by atoms with E-state index in [-0.39, 0.29) is 24.4 Å². The predicted octanol–water partition coefficient (Wildman–Crippen LogP) is 3.93. The molecule has 29 heavy (non-hydrogen) atoms. The second-order valence-corrected chi connectivity index (χ2v) is 7.01. The van der Waals surface area contributed by atoms with Crippen LogP contribution in [-0.2, 0) is 11.2 Å². The monoisotopic (exact) mass is 395 g/mol. The molecule has 1 saturated heterocycles. The molecule has 0 unspecified atom stereocenters. The number of amides is 1. The van der Waals surface area contributed by atoms with Crippen molar-refractivity contribution in [3.8, 4) is 5.75 Å². The zero-order chi connectivity index (χ0) is 20.1. The van der Waals surface area contributed by atoms with Crippen LogP contribution in [0.15, 0.2) is 59.4 Å². The SMILES string of the molecule is O=C(COc1cccnc1)N1CCCC[C@H]1c1ncc(Cc2ccccc2F)o1. The lowest BCUT2D eigenvalue weighted by Gasteiger charge is -2.33. The van der Waals surface area contributed by atoms with Crippen molar-refractivity contribution in [1.82, 2.24) is 14.9 Å². The minimum absolute atomic E-state index is 0.0645. The molecule has 7 heteroatoms. The Labute approximate surface area is 168 Å². The summed E-state index contributed by atoms with van der Waals surface area (Å²) >= 11 is 0. The number of hydrogen-bond donors (Lipinski definition) is 0. The minimum atomic E-state index is -0.271. The maximum absolute atomic E-state index is 13.9. The summed E-state index contributed by atoms with van der Waals surface area (Å²) in [6.45, 7) is 0.565. The van der Waals surface area contributed by atoms with Crippen molar-refractivity contribution in [3.05, 3.63) is 78.0 Å². The summed E-state index contributed by atoms with van der Waals surface area (Å²) in [5.41, 5.74) is 0.552. The van der Waals surface area contributed by atoms with Crippen LogP contribution >= 0.6 is 0 Å². The summed E-state index contributed by atoms with van der Waals surface area (Å²) in [5.74, 6) is 1.23. The zero-order valence-corrected chi connectivity index (χ0v) is 16.0. The number of ether oxygens (including phenoxy) is 1. The number of aromatic nitrogens is 2. The first-order valence-electron chi connectivity index (χ1n) is 9.71. The van der Waals surface area contributed by atoms with E-state index in [4.69, 9.17) is 9.15 Å². The van der Waals surface area contributed by atoms with Crippen LogP contribution in [0.3, 0.4) is 0 Å². The maximum Gasteiger partial charge on any atom is 0.261 e. The Morgan fingerprint density at radius 2 is 2.10 bits per heavy atom. The quantitative estimate of drug-likeness (QED) is 0.633. The van der Waals surface area contributed by atoms with Crippen molar-refractivity contribution < 1.29 is 18.3 Å². The highest BCUT2D eigenvalue weighted by molar-refractivity contribution is 5.78. The molecule has 0 aliphatic carbocycles. The summed E-state index contributed by atoms with van der Waals surface area (Å²) in [4.78, 5) is 22.9. The van der Waals surface area contributed by atoms with Crippen molar-refractivity contribution in [2.45, 2.75) is 31.7 Å². The van der Waals surface area contributed by atoms with E-state index in [1.807, 2.05) is 0 Å². The number of nitrogens with zero attached hydrogens (tertiary/aromatic N) is 3. The van der Waals surface area contributed by atoms with Crippen LogP contribution < -0.4 is 4.74 Å². The third kappa shape index (κ3) is 4.62. The molecule has 0 N–H and O–H groups in total. The molecule has 1 aliphatic rings. The zero-order valence-electron chi connectivity index (χ0n) is 16.0. The number of oxazole rings is 1. The van der Waals surface area contributed by atoms with Crippen LogP contribution in [-0.4, -0.2) is 33.9 Å². The van der Waals surface area contributed by atoms with Gasteiger partial charge >= 0.3 is 0 Å². The van der Waals surface area contributed by atoms with Gasteiger partial charge in [-0.25, -0.2) is 9.37 Å². The van der Waals surface area contributed by atoms with E-state index in [0.29, 0.717) is 35.9 Å². The summed E-state index contributed by atoms with van der Waals surface area (Å²) in [6, 6.07) is 9.89. The Balaban J connectivity index is 1.44. The molecular weight excluding hydrogens is 373 g/mol. The number of halogens is 1. The van der Waals surface area contributed by atoms with Gasteiger partial charge in [0, 0.05) is 19.2 Å². The lowest BCUT2D eigenvalue weighted by Crippen LogP contribution is -2.41. The second kappa shape index (κ2) is 8.86. The van der Waals surface area contributed by atoms with Gasteiger partial charge in [-0.05, 0) is 43.0 Å². The van der Waals surface area contributed by atoms with E-state index in [9.17, 15) is 9.18 Å². The molecule has 150 valence electrons. The first-order valence-corrected chi connectivity index (χ1v) is 9.71. The van der Waals surface area contributed by atoms with E-state index in [1.54, 1.807) is 53.8 Å². The predicted molar refractivity (Wildman–Crippen MR) is 104 cm³/mol. The van der Waals surface area contributed by atoms with Crippen molar-refractivity contribution in [1.29, 1.82) is 0 Å². The molecule has 1 amide bonds. The number of piperidine rings is 1. The lowest BCUT2D eigenvalue weighted by molar-refractivity contribution is -0.137. The van der Waals surface area contributed by atoms with Gasteiger partial charge in [0.25, 0.3) is 5.91 Å². The van der Waals surface area contributed by atoms with Gasteiger partial charge in [-0.3, -0.25) is 9.78 Å². The summed E-state index contributed by atoms with van der Waals surface area (Å²) < 4.78 is 25.4. The Kier molecular flexibility index (Phi) is 5.84. The molecule has 1 aromatic carbocycles. The van der Waals surface area contributed by atoms with Gasteiger partial charge in [-0.2, -0.15) is 0 Å². The van der Waals surface area contributed by atoms with Crippen molar-refractivity contribution >= 4 is 5.91 Å². The molecule has 6 nitrogen and oxygen atoms in total. The van der Waals surface area contributed by atoms with Crippen molar-refractivity contribution in [2.75, 3.05) is 13.2 Å². The number of pyridine rings is 1. The van der Waals surface area contributed by atoms with Crippen LogP contribution in [0, 0.1) is 5.82 Å². The fourth-order valence-corrected chi connectivity index (χ4v) is 3.54. The molecule has 1 aliphatic heterocycles. The van der Waals surface area contributed by atoms with Gasteiger partial charge in [0.05, 0.1) is 12.4 Å². The molecule has 0 spiro atoms. The van der Waals surface area contributed by atoms with E-state index < -0.39 is 0 Å². The van der Waals surface area contributed by atoms with Crippen LogP contribution in [0.1, 0.15) is 42.5 Å². The molecule has 1 atom stereocenters. The Hall–Kier alpha value is -3.22. The van der Waals surface area contributed by atoms with Crippen LogP contribution in [0.5, 0.6) is 5.75 Å². The number of benzene rings is 1. The molecule has 3 heterocycles. The van der Waals surface area contributed by atoms with Crippen LogP contribution in [0.2, 0.25) is 0 Å². The number of likely N-dealkylation sites (tertiary alicyclic amines) is 1. The molecule has 4 rings (SSSR count). The third-order valence-electron chi connectivity index (χ3n) is 5.00. The molecule has 3 aromatic rings. The number of carbonyl (C=O) groups is 1. The van der Waals surface area contributed by atoms with Crippen LogP contribution in [0.4, 0.5) is 4.39 Å². The van der Waals surface area contributed by atoms with Crippen molar-refractivity contribution in [2.24, 2.45) is 0 Å². The first-order chi connectivity index (χ1) is 14.2. The minimum Gasteiger partial charge on any atom is -0.482 e. The Bertz CT molecular complexity index is 961. The summed E-state index contributed by atoms with van der Waals surface area (Å²) in [5, 5.41) is 0.